The van der Waals surface area contributed by atoms with E-state index < -0.39 is 11.4 Å². The molecule has 90 valence electrons. The van der Waals surface area contributed by atoms with E-state index in [2.05, 4.69) is 6.92 Å². The molecule has 2 rings (SSSR count). The molecule has 1 atom stereocenters. The Morgan fingerprint density at radius 3 is 2.44 bits per heavy atom. The Labute approximate surface area is 95.6 Å². The molecule has 16 heavy (non-hydrogen) atoms. The first-order chi connectivity index (χ1) is 7.42. The summed E-state index contributed by atoms with van der Waals surface area (Å²) in [6.07, 6.45) is 2.52. The van der Waals surface area contributed by atoms with E-state index in [0.29, 0.717) is 25.4 Å². The third-order valence-corrected chi connectivity index (χ3v) is 4.02. The zero-order valence-corrected chi connectivity index (χ0v) is 9.90. The lowest BCUT2D eigenvalue weighted by Gasteiger charge is -2.34. The number of carboxylic acids is 1. The molecule has 1 heterocycles. The minimum absolute atomic E-state index is 0.158. The first kappa shape index (κ1) is 11.4. The van der Waals surface area contributed by atoms with E-state index in [1.54, 1.807) is 11.8 Å². The molecular formula is C12H19NO3. The van der Waals surface area contributed by atoms with Crippen LogP contribution >= 0.6 is 0 Å². The fraction of sp³-hybridized carbons (Fsp3) is 0.833. The maximum atomic E-state index is 12.0. The standard InChI is InChI=1S/C12H19NO3/c1-8-5-9(6-8)10(14)13-4-3-12(2,7-13)11(15)16/h8-9H,3-7H2,1-2H3,(H,15,16). The van der Waals surface area contributed by atoms with Crippen molar-refractivity contribution in [1.29, 1.82) is 0 Å². The lowest BCUT2D eigenvalue weighted by molar-refractivity contribution is -0.148. The van der Waals surface area contributed by atoms with Crippen molar-refractivity contribution in [2.45, 2.75) is 33.1 Å². The molecule has 2 fully saturated rings. The maximum Gasteiger partial charge on any atom is 0.311 e. The summed E-state index contributed by atoms with van der Waals surface area (Å²) in [5.41, 5.74) is -0.731. The molecule has 1 amide bonds. The van der Waals surface area contributed by atoms with Gasteiger partial charge in [-0.2, -0.15) is 0 Å². The zero-order valence-electron chi connectivity index (χ0n) is 9.90. The van der Waals surface area contributed by atoms with Crippen molar-refractivity contribution < 1.29 is 14.7 Å². The summed E-state index contributed by atoms with van der Waals surface area (Å²) in [5.74, 6) is 0.196. The number of carboxylic acid groups (broad SMARTS) is 1. The van der Waals surface area contributed by atoms with Gasteiger partial charge in [-0.25, -0.2) is 0 Å². The van der Waals surface area contributed by atoms with E-state index in [1.807, 2.05) is 0 Å². The maximum absolute atomic E-state index is 12.0. The predicted molar refractivity (Wildman–Crippen MR) is 58.8 cm³/mol. The van der Waals surface area contributed by atoms with Gasteiger partial charge in [0.1, 0.15) is 0 Å². The van der Waals surface area contributed by atoms with Gasteiger partial charge in [0.15, 0.2) is 0 Å². The van der Waals surface area contributed by atoms with Crippen molar-refractivity contribution in [3.63, 3.8) is 0 Å². The summed E-state index contributed by atoms with van der Waals surface area (Å²) in [6, 6.07) is 0. The second-order valence-corrected chi connectivity index (χ2v) is 5.65. The van der Waals surface area contributed by atoms with Crippen LogP contribution in [-0.4, -0.2) is 35.0 Å². The smallest absolute Gasteiger partial charge is 0.311 e. The number of amides is 1. The molecule has 0 aromatic heterocycles. The molecule has 0 spiro atoms. The van der Waals surface area contributed by atoms with Gasteiger partial charge in [-0.15, -0.1) is 0 Å². The van der Waals surface area contributed by atoms with E-state index in [9.17, 15) is 9.59 Å². The molecule has 1 aliphatic heterocycles. The van der Waals surface area contributed by atoms with Crippen molar-refractivity contribution in [2.75, 3.05) is 13.1 Å². The van der Waals surface area contributed by atoms with Crippen LogP contribution in [0.15, 0.2) is 0 Å². The average Bonchev–Trinajstić information content (AvgIpc) is 2.57. The van der Waals surface area contributed by atoms with Crippen LogP contribution in [0, 0.1) is 17.3 Å². The van der Waals surface area contributed by atoms with Crippen molar-refractivity contribution in [3.8, 4) is 0 Å². The second-order valence-electron chi connectivity index (χ2n) is 5.65. The highest BCUT2D eigenvalue weighted by molar-refractivity contribution is 5.82. The van der Waals surface area contributed by atoms with Crippen LogP contribution in [0.25, 0.3) is 0 Å². The molecule has 4 heteroatoms. The molecule has 0 bridgehead atoms. The highest BCUT2D eigenvalue weighted by Gasteiger charge is 2.44. The van der Waals surface area contributed by atoms with Gasteiger partial charge in [0.2, 0.25) is 5.91 Å². The SMILES string of the molecule is CC1CC(C(=O)N2CCC(C)(C(=O)O)C2)C1. The van der Waals surface area contributed by atoms with Crippen LogP contribution < -0.4 is 0 Å². The van der Waals surface area contributed by atoms with Crippen LogP contribution in [0.3, 0.4) is 0 Å². The molecule has 4 nitrogen and oxygen atoms in total. The monoisotopic (exact) mass is 225 g/mol. The Morgan fingerprint density at radius 1 is 1.38 bits per heavy atom. The summed E-state index contributed by atoms with van der Waals surface area (Å²) in [4.78, 5) is 24.8. The Balaban J connectivity index is 1.93. The van der Waals surface area contributed by atoms with E-state index >= 15 is 0 Å². The van der Waals surface area contributed by atoms with Crippen molar-refractivity contribution in [3.05, 3.63) is 0 Å². The van der Waals surface area contributed by atoms with Gasteiger partial charge in [0.25, 0.3) is 0 Å². The fourth-order valence-electron chi connectivity index (χ4n) is 2.69. The molecule has 1 N–H and O–H groups in total. The average molecular weight is 225 g/mol. The molecule has 0 radical (unpaired) electrons. The Hall–Kier alpha value is -1.06. The van der Waals surface area contributed by atoms with Gasteiger partial charge in [0.05, 0.1) is 5.41 Å². The van der Waals surface area contributed by atoms with E-state index in [-0.39, 0.29) is 11.8 Å². The number of rotatable bonds is 2. The quantitative estimate of drug-likeness (QED) is 0.772. The van der Waals surface area contributed by atoms with E-state index in [1.165, 1.54) is 0 Å². The molecule has 1 aliphatic carbocycles. The molecule has 0 aromatic carbocycles. The van der Waals surface area contributed by atoms with Crippen LogP contribution in [0.4, 0.5) is 0 Å². The summed E-state index contributed by atoms with van der Waals surface area (Å²) in [7, 11) is 0. The van der Waals surface area contributed by atoms with Gasteiger partial charge in [-0.05, 0) is 32.1 Å². The van der Waals surface area contributed by atoms with Crippen LogP contribution in [-0.2, 0) is 9.59 Å². The molecule has 1 saturated heterocycles. The first-order valence-electron chi connectivity index (χ1n) is 5.94. The van der Waals surface area contributed by atoms with Gasteiger partial charge in [0, 0.05) is 19.0 Å². The third kappa shape index (κ3) is 1.81. The molecule has 1 unspecified atom stereocenters. The molecular weight excluding hydrogens is 206 g/mol. The number of hydrogen-bond donors (Lipinski definition) is 1. The lowest BCUT2D eigenvalue weighted by atomic mass is 9.75. The molecule has 2 aliphatic rings. The van der Waals surface area contributed by atoms with E-state index in [4.69, 9.17) is 5.11 Å². The zero-order chi connectivity index (χ0) is 11.9. The topological polar surface area (TPSA) is 57.6 Å². The molecule has 1 saturated carbocycles. The van der Waals surface area contributed by atoms with Crippen molar-refractivity contribution >= 4 is 11.9 Å². The minimum Gasteiger partial charge on any atom is -0.481 e. The van der Waals surface area contributed by atoms with Crippen LogP contribution in [0.2, 0.25) is 0 Å². The largest absolute Gasteiger partial charge is 0.481 e. The third-order valence-electron chi connectivity index (χ3n) is 4.02. The summed E-state index contributed by atoms with van der Waals surface area (Å²) in [6.45, 7) is 4.86. The minimum atomic E-state index is -0.787. The first-order valence-corrected chi connectivity index (χ1v) is 5.94. The van der Waals surface area contributed by atoms with Gasteiger partial charge in [-0.3, -0.25) is 9.59 Å². The van der Waals surface area contributed by atoms with Crippen molar-refractivity contribution in [1.82, 2.24) is 4.90 Å². The number of likely N-dealkylation sites (tertiary alicyclic amines) is 1. The van der Waals surface area contributed by atoms with Crippen molar-refractivity contribution in [2.24, 2.45) is 17.3 Å². The Morgan fingerprint density at radius 2 is 2.00 bits per heavy atom. The normalized spacial score (nSPS) is 38.2. The lowest BCUT2D eigenvalue weighted by Crippen LogP contribution is -2.41. The number of aliphatic carboxylic acids is 1. The Kier molecular flexibility index (Phi) is 2.68. The van der Waals surface area contributed by atoms with Crippen LogP contribution in [0.1, 0.15) is 33.1 Å². The van der Waals surface area contributed by atoms with Crippen LogP contribution in [0.5, 0.6) is 0 Å². The number of carbonyl (C=O) groups is 2. The molecule has 0 aromatic rings. The summed E-state index contributed by atoms with van der Waals surface area (Å²) < 4.78 is 0. The Bertz CT molecular complexity index is 322. The predicted octanol–water partition coefficient (Wildman–Crippen LogP) is 1.36. The number of hydrogen-bond acceptors (Lipinski definition) is 2. The summed E-state index contributed by atoms with van der Waals surface area (Å²) in [5, 5.41) is 9.09. The number of carbonyl (C=O) groups excluding carboxylic acids is 1. The number of nitrogens with zero attached hydrogens (tertiary/aromatic N) is 1. The second kappa shape index (κ2) is 3.75. The van der Waals surface area contributed by atoms with Gasteiger partial charge in [-0.1, -0.05) is 6.92 Å². The highest BCUT2D eigenvalue weighted by atomic mass is 16.4. The van der Waals surface area contributed by atoms with E-state index in [0.717, 1.165) is 12.8 Å². The fourth-order valence-corrected chi connectivity index (χ4v) is 2.69. The summed E-state index contributed by atoms with van der Waals surface area (Å²) >= 11 is 0. The van der Waals surface area contributed by atoms with Gasteiger partial charge >= 0.3 is 5.97 Å². The van der Waals surface area contributed by atoms with Gasteiger partial charge < -0.3 is 10.0 Å². The highest BCUT2D eigenvalue weighted by Crippen LogP contribution is 2.37.